The van der Waals surface area contributed by atoms with Crippen molar-refractivity contribution < 1.29 is 33.4 Å². The van der Waals surface area contributed by atoms with Crippen LogP contribution >= 0.6 is 0 Å². The van der Waals surface area contributed by atoms with Gasteiger partial charge in [-0.15, -0.1) is 0 Å². The fourth-order valence-electron chi connectivity index (χ4n) is 4.61. The first-order valence-electron chi connectivity index (χ1n) is 13.6. The largest absolute Gasteiger partial charge is 0.497 e. The van der Waals surface area contributed by atoms with E-state index in [-0.39, 0.29) is 24.5 Å². The molecule has 3 amide bonds. The van der Waals surface area contributed by atoms with E-state index < -0.39 is 41.6 Å². The maximum absolute atomic E-state index is 13.7. The minimum absolute atomic E-state index is 0.161. The van der Waals surface area contributed by atoms with E-state index in [1.807, 2.05) is 30.3 Å². The van der Waals surface area contributed by atoms with Crippen LogP contribution in [0, 0.1) is 0 Å². The van der Waals surface area contributed by atoms with Crippen LogP contribution in [-0.4, -0.2) is 73.7 Å². The number of ether oxygens (including phenoxy) is 3. The highest BCUT2D eigenvalue weighted by molar-refractivity contribution is 5.98. The summed E-state index contributed by atoms with van der Waals surface area (Å²) in [7, 11) is 1.56. The van der Waals surface area contributed by atoms with E-state index >= 15 is 0 Å². The third kappa shape index (κ3) is 7.67. The fourth-order valence-corrected chi connectivity index (χ4v) is 4.61. The van der Waals surface area contributed by atoms with Gasteiger partial charge in [-0.3, -0.25) is 19.2 Å². The summed E-state index contributed by atoms with van der Waals surface area (Å²) in [4.78, 5) is 52.6. The molecule has 10 nitrogen and oxygen atoms in total. The lowest BCUT2D eigenvalue weighted by Crippen LogP contribution is -2.57. The van der Waals surface area contributed by atoms with Gasteiger partial charge in [-0.1, -0.05) is 42.5 Å². The number of epoxide rings is 1. The topological polar surface area (TPSA) is 135 Å². The smallest absolute Gasteiger partial charge is 0.249 e. The predicted molar refractivity (Wildman–Crippen MR) is 147 cm³/mol. The van der Waals surface area contributed by atoms with Crippen molar-refractivity contribution in [2.75, 3.05) is 20.3 Å². The Morgan fingerprint density at radius 1 is 0.925 bits per heavy atom. The van der Waals surface area contributed by atoms with Crippen molar-refractivity contribution in [3.05, 3.63) is 65.7 Å². The zero-order valence-corrected chi connectivity index (χ0v) is 23.1. The molecule has 2 heterocycles. The first kappa shape index (κ1) is 29.2. The standard InChI is InChI=1S/C30H37N3O7/c1-19(31-29(37)25-10-7-15-39-25)27(35)33-24(17-21-11-13-22(38-3)14-12-21)28(36)32-23(26(34)30(2)18-40-30)16-20-8-5-4-6-9-20/h4-6,8-9,11-14,19,23-25H,7,10,15-18H2,1-3H3,(H,31,37)(H,32,36)(H,33,35)/t19-,23?,24-,25+,30+/m0/s1. The maximum Gasteiger partial charge on any atom is 0.249 e. The Morgan fingerprint density at radius 2 is 1.55 bits per heavy atom. The third-order valence-corrected chi connectivity index (χ3v) is 7.22. The lowest BCUT2D eigenvalue weighted by molar-refractivity contribution is -0.136. The summed E-state index contributed by atoms with van der Waals surface area (Å²) in [6, 6.07) is 13.8. The molecule has 214 valence electrons. The number of nitrogens with one attached hydrogen (secondary N) is 3. The number of carbonyl (C=O) groups is 4. The second-order valence-corrected chi connectivity index (χ2v) is 10.5. The number of amides is 3. The average molecular weight is 552 g/mol. The lowest BCUT2D eigenvalue weighted by atomic mass is 9.94. The second kappa shape index (κ2) is 13.1. The molecule has 3 N–H and O–H groups in total. The van der Waals surface area contributed by atoms with Gasteiger partial charge in [0, 0.05) is 13.0 Å². The summed E-state index contributed by atoms with van der Waals surface area (Å²) in [5, 5.41) is 8.31. The average Bonchev–Trinajstić information content (AvgIpc) is 3.47. The molecular formula is C30H37N3O7. The summed E-state index contributed by atoms with van der Waals surface area (Å²) >= 11 is 0. The molecule has 2 aliphatic heterocycles. The molecule has 40 heavy (non-hydrogen) atoms. The van der Waals surface area contributed by atoms with Gasteiger partial charge in [0.1, 0.15) is 29.5 Å². The van der Waals surface area contributed by atoms with Crippen molar-refractivity contribution in [2.24, 2.45) is 0 Å². The van der Waals surface area contributed by atoms with E-state index in [1.165, 1.54) is 0 Å². The highest BCUT2D eigenvalue weighted by Gasteiger charge is 2.50. The molecule has 0 aliphatic carbocycles. The fraction of sp³-hybridized carbons (Fsp3) is 0.467. The summed E-state index contributed by atoms with van der Waals surface area (Å²) in [6.45, 7) is 4.06. The van der Waals surface area contributed by atoms with Gasteiger partial charge < -0.3 is 30.2 Å². The zero-order valence-electron chi connectivity index (χ0n) is 23.1. The van der Waals surface area contributed by atoms with Crippen LogP contribution in [0.15, 0.2) is 54.6 Å². The molecule has 2 aromatic rings. The molecule has 0 bridgehead atoms. The monoisotopic (exact) mass is 551 g/mol. The Bertz CT molecular complexity index is 1190. The van der Waals surface area contributed by atoms with E-state index in [1.54, 1.807) is 45.2 Å². The predicted octanol–water partition coefficient (Wildman–Crippen LogP) is 1.49. The molecular weight excluding hydrogens is 514 g/mol. The van der Waals surface area contributed by atoms with Crippen molar-refractivity contribution in [2.45, 2.75) is 69.4 Å². The molecule has 0 aromatic heterocycles. The Kier molecular flexibility index (Phi) is 9.54. The van der Waals surface area contributed by atoms with Crippen molar-refractivity contribution in [1.29, 1.82) is 0 Å². The molecule has 2 fully saturated rings. The number of Topliss-reactive ketones (excluding diaryl/α,β-unsaturated/α-hetero) is 1. The van der Waals surface area contributed by atoms with Gasteiger partial charge in [-0.05, 0) is 56.4 Å². The summed E-state index contributed by atoms with van der Waals surface area (Å²) in [5.74, 6) is -0.965. The van der Waals surface area contributed by atoms with Gasteiger partial charge in [0.2, 0.25) is 17.7 Å². The van der Waals surface area contributed by atoms with Gasteiger partial charge >= 0.3 is 0 Å². The molecule has 1 unspecified atom stereocenters. The molecule has 0 spiro atoms. The van der Waals surface area contributed by atoms with E-state index in [0.717, 1.165) is 17.5 Å². The number of hydrogen-bond donors (Lipinski definition) is 3. The summed E-state index contributed by atoms with van der Waals surface area (Å²) in [6.07, 6.45) is 1.25. The van der Waals surface area contributed by atoms with Gasteiger partial charge in [-0.2, -0.15) is 0 Å². The van der Waals surface area contributed by atoms with Crippen LogP contribution in [0.2, 0.25) is 0 Å². The minimum atomic E-state index is -1.01. The maximum atomic E-state index is 13.7. The Balaban J connectivity index is 1.50. The van der Waals surface area contributed by atoms with Gasteiger partial charge in [-0.25, -0.2) is 0 Å². The van der Waals surface area contributed by atoms with E-state index in [4.69, 9.17) is 14.2 Å². The van der Waals surface area contributed by atoms with Crippen molar-refractivity contribution >= 4 is 23.5 Å². The van der Waals surface area contributed by atoms with Crippen LogP contribution in [0.1, 0.15) is 37.8 Å². The van der Waals surface area contributed by atoms with Crippen LogP contribution in [0.3, 0.4) is 0 Å². The molecule has 4 rings (SSSR count). The van der Waals surface area contributed by atoms with Crippen molar-refractivity contribution in [1.82, 2.24) is 16.0 Å². The lowest BCUT2D eigenvalue weighted by Gasteiger charge is -2.25. The number of benzene rings is 2. The number of hydrogen-bond acceptors (Lipinski definition) is 7. The molecule has 2 aromatic carbocycles. The second-order valence-electron chi connectivity index (χ2n) is 10.5. The Labute approximate surface area is 234 Å². The Morgan fingerprint density at radius 3 is 2.15 bits per heavy atom. The van der Waals surface area contributed by atoms with Gasteiger partial charge in [0.25, 0.3) is 0 Å². The Hall–Kier alpha value is -3.76. The SMILES string of the molecule is COc1ccc(C[C@H](NC(=O)[C@H](C)NC(=O)[C@H]2CCCO2)C(=O)NC(Cc2ccccc2)C(=O)[C@@]2(C)CO2)cc1. The molecule has 0 saturated carbocycles. The quantitative estimate of drug-likeness (QED) is 0.321. The van der Waals surface area contributed by atoms with Crippen LogP contribution < -0.4 is 20.7 Å². The van der Waals surface area contributed by atoms with Crippen molar-refractivity contribution in [3.8, 4) is 5.75 Å². The molecule has 10 heteroatoms. The van der Waals surface area contributed by atoms with Crippen LogP contribution in [0.5, 0.6) is 5.75 Å². The third-order valence-electron chi connectivity index (χ3n) is 7.22. The highest BCUT2D eigenvalue weighted by Crippen LogP contribution is 2.29. The van der Waals surface area contributed by atoms with Crippen molar-refractivity contribution in [3.63, 3.8) is 0 Å². The molecule has 0 radical (unpaired) electrons. The van der Waals surface area contributed by atoms with E-state index in [0.29, 0.717) is 25.4 Å². The normalized spacial score (nSPS) is 21.9. The summed E-state index contributed by atoms with van der Waals surface area (Å²) < 4.78 is 16.0. The number of methoxy groups -OCH3 is 1. The van der Waals surface area contributed by atoms with Crippen LogP contribution in [0.4, 0.5) is 0 Å². The van der Waals surface area contributed by atoms with E-state index in [9.17, 15) is 19.2 Å². The summed E-state index contributed by atoms with van der Waals surface area (Å²) in [5.41, 5.74) is 0.718. The molecule has 2 saturated heterocycles. The van der Waals surface area contributed by atoms with Gasteiger partial charge in [0.05, 0.1) is 19.8 Å². The first-order valence-corrected chi connectivity index (χ1v) is 13.6. The number of ketones is 1. The highest BCUT2D eigenvalue weighted by atomic mass is 16.6. The number of rotatable bonds is 13. The van der Waals surface area contributed by atoms with Gasteiger partial charge in [0.15, 0.2) is 5.78 Å². The van der Waals surface area contributed by atoms with E-state index in [2.05, 4.69) is 16.0 Å². The molecule has 2 aliphatic rings. The number of carbonyl (C=O) groups excluding carboxylic acids is 4. The zero-order chi connectivity index (χ0) is 28.7. The first-order chi connectivity index (χ1) is 19.2. The molecule has 5 atom stereocenters. The van der Waals surface area contributed by atoms with Crippen LogP contribution in [-0.2, 0) is 41.5 Å². The van der Waals surface area contributed by atoms with Crippen LogP contribution in [0.25, 0.3) is 0 Å². The minimum Gasteiger partial charge on any atom is -0.497 e.